The molecular formula is C13H18N2OS. The normalized spacial score (nSPS) is 11.4. The summed E-state index contributed by atoms with van der Waals surface area (Å²) >= 11 is 1.73. The Morgan fingerprint density at radius 1 is 1.41 bits per heavy atom. The van der Waals surface area contributed by atoms with Crippen LogP contribution < -0.4 is 5.73 Å². The van der Waals surface area contributed by atoms with Crippen molar-refractivity contribution in [3.8, 4) is 10.6 Å². The Labute approximate surface area is 106 Å². The highest BCUT2D eigenvalue weighted by molar-refractivity contribution is 7.15. The third-order valence-electron chi connectivity index (χ3n) is 2.82. The summed E-state index contributed by atoms with van der Waals surface area (Å²) in [6, 6.07) is 2.14. The summed E-state index contributed by atoms with van der Waals surface area (Å²) < 4.78 is 5.39. The molecule has 0 atom stereocenters. The maximum Gasteiger partial charge on any atom is 0.182 e. The zero-order chi connectivity index (χ0) is 12.6. The maximum absolute atomic E-state index is 5.87. The molecule has 0 aliphatic rings. The van der Waals surface area contributed by atoms with Crippen molar-refractivity contribution in [2.45, 2.75) is 34.1 Å². The van der Waals surface area contributed by atoms with Crippen molar-refractivity contribution in [1.29, 1.82) is 0 Å². The number of aryl methyl sites for hydroxylation is 2. The summed E-state index contributed by atoms with van der Waals surface area (Å²) in [5.74, 6) is 1.91. The van der Waals surface area contributed by atoms with Crippen molar-refractivity contribution in [3.05, 3.63) is 22.1 Å². The van der Waals surface area contributed by atoms with Gasteiger partial charge in [-0.1, -0.05) is 19.0 Å². The van der Waals surface area contributed by atoms with E-state index in [9.17, 15) is 0 Å². The van der Waals surface area contributed by atoms with Gasteiger partial charge in [-0.05, 0) is 37.8 Å². The lowest BCUT2D eigenvalue weighted by Gasteiger charge is -2.03. The lowest BCUT2D eigenvalue weighted by atomic mass is 10.0. The summed E-state index contributed by atoms with van der Waals surface area (Å²) in [6.07, 6.45) is 0.903. The van der Waals surface area contributed by atoms with Crippen molar-refractivity contribution >= 4 is 17.2 Å². The second-order valence-corrected chi connectivity index (χ2v) is 6.08. The van der Waals surface area contributed by atoms with Gasteiger partial charge in [-0.2, -0.15) is 0 Å². The number of rotatable bonds is 3. The molecule has 0 aliphatic heterocycles. The van der Waals surface area contributed by atoms with Gasteiger partial charge < -0.3 is 10.3 Å². The smallest absolute Gasteiger partial charge is 0.182 e. The quantitative estimate of drug-likeness (QED) is 0.901. The Balaban J connectivity index is 2.45. The highest BCUT2D eigenvalue weighted by Crippen LogP contribution is 2.35. The van der Waals surface area contributed by atoms with Crippen molar-refractivity contribution in [3.63, 3.8) is 0 Å². The molecular weight excluding hydrogens is 232 g/mol. The fourth-order valence-electron chi connectivity index (χ4n) is 1.81. The van der Waals surface area contributed by atoms with E-state index >= 15 is 0 Å². The maximum atomic E-state index is 5.87. The minimum Gasteiger partial charge on any atom is -0.381 e. The number of hydrogen-bond donors (Lipinski definition) is 1. The lowest BCUT2D eigenvalue weighted by molar-refractivity contribution is 0.435. The largest absolute Gasteiger partial charge is 0.381 e. The van der Waals surface area contributed by atoms with Crippen LogP contribution in [-0.2, 0) is 6.42 Å². The SMILES string of the molecule is Cc1cc(-c2onc(N)c2CC(C)C)sc1C. The van der Waals surface area contributed by atoms with Crippen molar-refractivity contribution < 1.29 is 4.52 Å². The van der Waals surface area contributed by atoms with E-state index in [4.69, 9.17) is 10.3 Å². The Hall–Kier alpha value is -1.29. The molecule has 2 aromatic heterocycles. The number of hydrogen-bond acceptors (Lipinski definition) is 4. The zero-order valence-electron chi connectivity index (χ0n) is 10.7. The second kappa shape index (κ2) is 4.53. The van der Waals surface area contributed by atoms with Crippen LogP contribution in [0.25, 0.3) is 10.6 Å². The standard InChI is InChI=1S/C13H18N2OS/c1-7(2)5-10-12(16-15-13(10)14)11-6-8(3)9(4)17-11/h6-7H,5H2,1-4H3,(H2,14,15). The number of nitrogens with zero attached hydrogens (tertiary/aromatic N) is 1. The van der Waals surface area contributed by atoms with Crippen LogP contribution >= 0.6 is 11.3 Å². The summed E-state index contributed by atoms with van der Waals surface area (Å²) in [7, 11) is 0. The number of thiophene rings is 1. The van der Waals surface area contributed by atoms with Gasteiger partial charge in [0, 0.05) is 10.4 Å². The van der Waals surface area contributed by atoms with Crippen LogP contribution in [-0.4, -0.2) is 5.16 Å². The van der Waals surface area contributed by atoms with Crippen molar-refractivity contribution in [2.75, 3.05) is 5.73 Å². The van der Waals surface area contributed by atoms with Crippen LogP contribution in [0.4, 0.5) is 5.82 Å². The summed E-state index contributed by atoms with van der Waals surface area (Å²) in [5.41, 5.74) is 8.20. The zero-order valence-corrected chi connectivity index (χ0v) is 11.5. The van der Waals surface area contributed by atoms with E-state index in [0.29, 0.717) is 11.7 Å². The van der Waals surface area contributed by atoms with Gasteiger partial charge in [0.15, 0.2) is 11.6 Å². The minimum absolute atomic E-state index is 0.525. The monoisotopic (exact) mass is 250 g/mol. The Kier molecular flexibility index (Phi) is 3.24. The van der Waals surface area contributed by atoms with Crippen LogP contribution in [0.5, 0.6) is 0 Å². The highest BCUT2D eigenvalue weighted by Gasteiger charge is 2.18. The van der Waals surface area contributed by atoms with E-state index < -0.39 is 0 Å². The Bertz CT molecular complexity index is 506. The second-order valence-electron chi connectivity index (χ2n) is 4.82. The van der Waals surface area contributed by atoms with Crippen LogP contribution in [0, 0.1) is 19.8 Å². The molecule has 2 aromatic rings. The van der Waals surface area contributed by atoms with Crippen LogP contribution in [0.3, 0.4) is 0 Å². The molecule has 0 spiro atoms. The third-order valence-corrected chi connectivity index (χ3v) is 3.97. The number of nitrogen functional groups attached to an aromatic ring is 1. The number of nitrogens with two attached hydrogens (primary N) is 1. The van der Waals surface area contributed by atoms with Gasteiger partial charge in [0.25, 0.3) is 0 Å². The van der Waals surface area contributed by atoms with Gasteiger partial charge in [0.1, 0.15) is 0 Å². The Morgan fingerprint density at radius 2 is 2.12 bits per heavy atom. The van der Waals surface area contributed by atoms with Gasteiger partial charge in [-0.25, -0.2) is 0 Å². The fraction of sp³-hybridized carbons (Fsp3) is 0.462. The first-order valence-corrected chi connectivity index (χ1v) is 6.62. The molecule has 4 heteroatoms. The summed E-state index contributed by atoms with van der Waals surface area (Å²) in [4.78, 5) is 2.44. The highest BCUT2D eigenvalue weighted by atomic mass is 32.1. The molecule has 0 saturated carbocycles. The van der Waals surface area contributed by atoms with Crippen molar-refractivity contribution in [2.24, 2.45) is 5.92 Å². The first-order chi connectivity index (χ1) is 7.99. The van der Waals surface area contributed by atoms with E-state index in [-0.39, 0.29) is 0 Å². The van der Waals surface area contributed by atoms with E-state index in [2.05, 4.69) is 38.9 Å². The fourth-order valence-corrected chi connectivity index (χ4v) is 2.84. The number of anilines is 1. The average molecular weight is 250 g/mol. The first kappa shape index (κ1) is 12.2. The molecule has 0 saturated heterocycles. The van der Waals surface area contributed by atoms with Gasteiger partial charge >= 0.3 is 0 Å². The van der Waals surface area contributed by atoms with E-state index in [1.165, 1.54) is 10.4 Å². The summed E-state index contributed by atoms with van der Waals surface area (Å²) in [5, 5.41) is 3.89. The molecule has 2 N–H and O–H groups in total. The molecule has 0 fully saturated rings. The average Bonchev–Trinajstić information content (AvgIpc) is 2.73. The molecule has 92 valence electrons. The minimum atomic E-state index is 0.525. The van der Waals surface area contributed by atoms with Gasteiger partial charge in [-0.15, -0.1) is 11.3 Å². The number of aromatic nitrogens is 1. The van der Waals surface area contributed by atoms with Gasteiger partial charge in [0.2, 0.25) is 0 Å². The molecule has 2 rings (SSSR count). The molecule has 0 aromatic carbocycles. The molecule has 0 aliphatic carbocycles. The van der Waals surface area contributed by atoms with Gasteiger partial charge in [-0.3, -0.25) is 0 Å². The van der Waals surface area contributed by atoms with Crippen molar-refractivity contribution in [1.82, 2.24) is 5.16 Å². The Morgan fingerprint density at radius 3 is 2.65 bits per heavy atom. The van der Waals surface area contributed by atoms with E-state index in [1.54, 1.807) is 11.3 Å². The summed E-state index contributed by atoms with van der Waals surface area (Å²) in [6.45, 7) is 8.56. The first-order valence-electron chi connectivity index (χ1n) is 5.80. The van der Waals surface area contributed by atoms with Crippen LogP contribution in [0.15, 0.2) is 10.6 Å². The van der Waals surface area contributed by atoms with Crippen LogP contribution in [0.1, 0.15) is 29.9 Å². The van der Waals surface area contributed by atoms with Gasteiger partial charge in [0.05, 0.1) is 4.88 Å². The predicted octanol–water partition coefficient (Wildman–Crippen LogP) is 3.80. The van der Waals surface area contributed by atoms with Crippen LogP contribution in [0.2, 0.25) is 0 Å². The van der Waals surface area contributed by atoms with E-state index in [1.807, 2.05) is 0 Å². The molecule has 17 heavy (non-hydrogen) atoms. The molecule has 0 radical (unpaired) electrons. The molecule has 3 nitrogen and oxygen atoms in total. The topological polar surface area (TPSA) is 52.0 Å². The van der Waals surface area contributed by atoms with E-state index in [0.717, 1.165) is 22.6 Å². The molecule has 0 bridgehead atoms. The molecule has 0 amide bonds. The molecule has 0 unspecified atom stereocenters. The lowest BCUT2D eigenvalue weighted by Crippen LogP contribution is -1.98. The molecule has 2 heterocycles. The third kappa shape index (κ3) is 2.36. The predicted molar refractivity (Wildman–Crippen MR) is 72.2 cm³/mol.